The standard InChI is InChI=1S/C18H28N4O2.ClH/c1-4-11(2)16(19)17(23)20-12(3)13-5-7-14(8-6-13)21-18(24)22-15-9-10-15;/h5-8,11-12,15-16H,4,9-10,19H2,1-3H3,(H,20,23)(H2,21,22,24);1H. The van der Waals surface area contributed by atoms with Gasteiger partial charge in [-0.3, -0.25) is 4.79 Å². The summed E-state index contributed by atoms with van der Waals surface area (Å²) in [5, 5.41) is 8.62. The van der Waals surface area contributed by atoms with Gasteiger partial charge < -0.3 is 21.7 Å². The minimum absolute atomic E-state index is 0. The van der Waals surface area contributed by atoms with Crippen LogP contribution in [0.15, 0.2) is 24.3 Å². The molecule has 3 amide bonds. The quantitative estimate of drug-likeness (QED) is 0.595. The molecule has 0 aromatic heterocycles. The average molecular weight is 369 g/mol. The van der Waals surface area contributed by atoms with Crippen LogP contribution >= 0.6 is 12.4 Å². The molecular weight excluding hydrogens is 340 g/mol. The van der Waals surface area contributed by atoms with Crippen LogP contribution in [0.1, 0.15) is 51.6 Å². The maximum absolute atomic E-state index is 12.1. The van der Waals surface area contributed by atoms with Gasteiger partial charge in [-0.15, -0.1) is 12.4 Å². The number of anilines is 1. The Morgan fingerprint density at radius 2 is 1.80 bits per heavy atom. The second-order valence-electron chi connectivity index (χ2n) is 6.64. The fourth-order valence-corrected chi connectivity index (χ4v) is 2.34. The molecule has 1 aromatic rings. The summed E-state index contributed by atoms with van der Waals surface area (Å²) in [6.07, 6.45) is 2.98. The van der Waals surface area contributed by atoms with Crippen molar-refractivity contribution in [2.45, 2.75) is 58.2 Å². The molecule has 3 atom stereocenters. The lowest BCUT2D eigenvalue weighted by atomic mass is 9.98. The van der Waals surface area contributed by atoms with Crippen LogP contribution in [0.2, 0.25) is 0 Å². The molecule has 1 aromatic carbocycles. The first-order chi connectivity index (χ1) is 11.4. The molecule has 1 aliphatic rings. The molecule has 0 saturated heterocycles. The van der Waals surface area contributed by atoms with E-state index in [4.69, 9.17) is 5.73 Å². The number of urea groups is 1. The number of carbonyl (C=O) groups is 2. The van der Waals surface area contributed by atoms with Gasteiger partial charge in [0.25, 0.3) is 0 Å². The lowest BCUT2D eigenvalue weighted by Crippen LogP contribution is -2.45. The molecule has 5 N–H and O–H groups in total. The largest absolute Gasteiger partial charge is 0.348 e. The average Bonchev–Trinajstić information content (AvgIpc) is 3.37. The molecule has 140 valence electrons. The van der Waals surface area contributed by atoms with E-state index in [1.807, 2.05) is 45.0 Å². The molecule has 0 heterocycles. The Balaban J connectivity index is 0.00000312. The third kappa shape index (κ3) is 6.55. The highest BCUT2D eigenvalue weighted by Gasteiger charge is 2.23. The first-order valence-corrected chi connectivity index (χ1v) is 8.64. The Morgan fingerprint density at radius 3 is 2.32 bits per heavy atom. The van der Waals surface area contributed by atoms with Crippen LogP contribution in [0.4, 0.5) is 10.5 Å². The summed E-state index contributed by atoms with van der Waals surface area (Å²) < 4.78 is 0. The molecule has 3 unspecified atom stereocenters. The van der Waals surface area contributed by atoms with Crippen LogP contribution in [-0.2, 0) is 4.79 Å². The first-order valence-electron chi connectivity index (χ1n) is 8.64. The predicted octanol–water partition coefficient (Wildman–Crippen LogP) is 2.94. The minimum Gasteiger partial charge on any atom is -0.348 e. The monoisotopic (exact) mass is 368 g/mol. The molecule has 1 aliphatic carbocycles. The smallest absolute Gasteiger partial charge is 0.319 e. The number of amides is 3. The normalized spacial score (nSPS) is 16.8. The summed E-state index contributed by atoms with van der Waals surface area (Å²) in [5.74, 6) is 0.0108. The van der Waals surface area contributed by atoms with Crippen molar-refractivity contribution in [3.05, 3.63) is 29.8 Å². The number of hydrogen-bond acceptors (Lipinski definition) is 3. The van der Waals surface area contributed by atoms with Crippen molar-refractivity contribution in [1.29, 1.82) is 0 Å². The molecule has 7 heteroatoms. The minimum atomic E-state index is -0.496. The Kier molecular flexibility index (Phi) is 8.19. The number of nitrogens with two attached hydrogens (primary N) is 1. The van der Waals surface area contributed by atoms with Gasteiger partial charge >= 0.3 is 6.03 Å². The van der Waals surface area contributed by atoms with Crippen molar-refractivity contribution in [1.82, 2.24) is 10.6 Å². The van der Waals surface area contributed by atoms with Gasteiger partial charge in [-0.2, -0.15) is 0 Å². The number of carbonyl (C=O) groups excluding carboxylic acids is 2. The maximum atomic E-state index is 12.1. The van der Waals surface area contributed by atoms with Crippen LogP contribution in [0, 0.1) is 5.92 Å². The summed E-state index contributed by atoms with van der Waals surface area (Å²) >= 11 is 0. The van der Waals surface area contributed by atoms with Crippen molar-refractivity contribution in [3.63, 3.8) is 0 Å². The zero-order chi connectivity index (χ0) is 17.7. The van der Waals surface area contributed by atoms with Crippen molar-refractivity contribution in [2.75, 3.05) is 5.32 Å². The lowest BCUT2D eigenvalue weighted by molar-refractivity contribution is -0.124. The molecule has 2 rings (SSSR count). The summed E-state index contributed by atoms with van der Waals surface area (Å²) in [6, 6.07) is 6.98. The van der Waals surface area contributed by atoms with E-state index < -0.39 is 6.04 Å². The zero-order valence-electron chi connectivity index (χ0n) is 15.0. The van der Waals surface area contributed by atoms with E-state index in [0.717, 1.165) is 30.5 Å². The van der Waals surface area contributed by atoms with Crippen molar-refractivity contribution >= 4 is 30.0 Å². The molecule has 0 spiro atoms. The Hall–Kier alpha value is -1.79. The van der Waals surface area contributed by atoms with Crippen molar-refractivity contribution < 1.29 is 9.59 Å². The molecule has 1 fully saturated rings. The van der Waals surface area contributed by atoms with Gasteiger partial charge in [-0.1, -0.05) is 32.4 Å². The maximum Gasteiger partial charge on any atom is 0.319 e. The second kappa shape index (κ2) is 9.63. The molecule has 6 nitrogen and oxygen atoms in total. The van der Waals surface area contributed by atoms with Crippen molar-refractivity contribution in [3.8, 4) is 0 Å². The zero-order valence-corrected chi connectivity index (χ0v) is 15.9. The van der Waals surface area contributed by atoms with Crippen LogP contribution in [-0.4, -0.2) is 24.0 Å². The molecule has 0 aliphatic heterocycles. The third-order valence-corrected chi connectivity index (χ3v) is 4.50. The SMILES string of the molecule is CCC(C)C(N)C(=O)NC(C)c1ccc(NC(=O)NC2CC2)cc1.Cl. The molecular formula is C18H29ClN4O2. The van der Waals surface area contributed by atoms with E-state index >= 15 is 0 Å². The lowest BCUT2D eigenvalue weighted by Gasteiger charge is -2.21. The summed E-state index contributed by atoms with van der Waals surface area (Å²) in [4.78, 5) is 23.8. The van der Waals surface area contributed by atoms with E-state index in [1.165, 1.54) is 0 Å². The van der Waals surface area contributed by atoms with E-state index in [2.05, 4.69) is 16.0 Å². The third-order valence-electron chi connectivity index (χ3n) is 4.50. The molecule has 0 radical (unpaired) electrons. The van der Waals surface area contributed by atoms with Crippen LogP contribution in [0.25, 0.3) is 0 Å². The van der Waals surface area contributed by atoms with E-state index in [1.54, 1.807) is 0 Å². The summed E-state index contributed by atoms with van der Waals surface area (Å²) in [6.45, 7) is 5.91. The van der Waals surface area contributed by atoms with Crippen molar-refractivity contribution in [2.24, 2.45) is 11.7 Å². The summed E-state index contributed by atoms with van der Waals surface area (Å²) in [5.41, 5.74) is 7.65. The fourth-order valence-electron chi connectivity index (χ4n) is 2.34. The molecule has 0 bridgehead atoms. The van der Waals surface area contributed by atoms with Crippen LogP contribution < -0.4 is 21.7 Å². The highest BCUT2D eigenvalue weighted by Crippen LogP contribution is 2.20. The Labute approximate surface area is 155 Å². The van der Waals surface area contributed by atoms with E-state index in [9.17, 15) is 9.59 Å². The highest BCUT2D eigenvalue weighted by molar-refractivity contribution is 5.89. The number of benzene rings is 1. The summed E-state index contributed by atoms with van der Waals surface area (Å²) in [7, 11) is 0. The number of hydrogen-bond donors (Lipinski definition) is 4. The van der Waals surface area contributed by atoms with Crippen LogP contribution in [0.5, 0.6) is 0 Å². The molecule has 1 saturated carbocycles. The van der Waals surface area contributed by atoms with Gasteiger partial charge in [0.05, 0.1) is 12.1 Å². The Morgan fingerprint density at radius 1 is 1.20 bits per heavy atom. The van der Waals surface area contributed by atoms with E-state index in [0.29, 0.717) is 6.04 Å². The van der Waals surface area contributed by atoms with Gasteiger partial charge in [0.15, 0.2) is 0 Å². The molecule has 25 heavy (non-hydrogen) atoms. The Bertz CT molecular complexity index is 575. The van der Waals surface area contributed by atoms with E-state index in [-0.39, 0.29) is 36.3 Å². The number of nitrogens with one attached hydrogen (secondary N) is 3. The fraction of sp³-hybridized carbons (Fsp3) is 0.556. The van der Waals surface area contributed by atoms with Gasteiger partial charge in [0.1, 0.15) is 0 Å². The van der Waals surface area contributed by atoms with Gasteiger partial charge in [0, 0.05) is 11.7 Å². The van der Waals surface area contributed by atoms with Gasteiger partial charge in [-0.05, 0) is 43.4 Å². The second-order valence-corrected chi connectivity index (χ2v) is 6.64. The van der Waals surface area contributed by atoms with Gasteiger partial charge in [0.2, 0.25) is 5.91 Å². The number of halogens is 1. The highest BCUT2D eigenvalue weighted by atomic mass is 35.5. The topological polar surface area (TPSA) is 96.2 Å². The van der Waals surface area contributed by atoms with Crippen LogP contribution in [0.3, 0.4) is 0 Å². The predicted molar refractivity (Wildman–Crippen MR) is 103 cm³/mol. The van der Waals surface area contributed by atoms with Gasteiger partial charge in [-0.25, -0.2) is 4.79 Å². The first kappa shape index (κ1) is 21.3. The number of rotatable bonds is 7.